The quantitative estimate of drug-likeness (QED) is 0.300. The normalized spacial score (nSPS) is 17.4. The van der Waals surface area contributed by atoms with Crippen molar-refractivity contribution in [1.29, 1.82) is 0 Å². The van der Waals surface area contributed by atoms with Crippen molar-refractivity contribution in [2.45, 2.75) is 99.1 Å². The minimum Gasteiger partial charge on any atom is -0.463 e. The molecule has 7 heteroatoms. The number of amides is 2. The fraction of sp³-hybridized carbons (Fsp3) is 0.815. The Bertz CT molecular complexity index is 606. The summed E-state index contributed by atoms with van der Waals surface area (Å²) in [5.74, 6) is 0.360. The number of carbonyl (C=O) groups excluding carboxylic acids is 3. The van der Waals surface area contributed by atoms with Crippen molar-refractivity contribution in [2.75, 3.05) is 33.3 Å². The van der Waals surface area contributed by atoms with E-state index in [9.17, 15) is 14.4 Å². The maximum atomic E-state index is 11.9. The summed E-state index contributed by atoms with van der Waals surface area (Å²) in [7, 11) is 1.65. The first kappa shape index (κ1) is 32.1. The van der Waals surface area contributed by atoms with E-state index in [1.54, 1.807) is 27.0 Å². The van der Waals surface area contributed by atoms with Crippen molar-refractivity contribution in [3.63, 3.8) is 0 Å². The van der Waals surface area contributed by atoms with Crippen LogP contribution in [0.15, 0.2) is 11.6 Å². The van der Waals surface area contributed by atoms with Crippen molar-refractivity contribution in [3.8, 4) is 0 Å². The molecular formula is C27H51N3O4. The summed E-state index contributed by atoms with van der Waals surface area (Å²) in [4.78, 5) is 37.9. The lowest BCUT2D eigenvalue weighted by atomic mass is 9.90. The number of nitrogens with one attached hydrogen (secondary N) is 1. The number of likely N-dealkylation sites (tertiary alicyclic amines) is 1. The first-order valence-corrected chi connectivity index (χ1v) is 13.1. The molecule has 0 radical (unpaired) electrons. The van der Waals surface area contributed by atoms with Crippen LogP contribution in [0.3, 0.4) is 0 Å². The second-order valence-electron chi connectivity index (χ2n) is 10.2. The Morgan fingerprint density at radius 3 is 2.03 bits per heavy atom. The SMILES string of the molecule is C1CCN(C2CCC2)CC1.CC(C)C.CCOC(=O)/C(C)=C/[C@H](C(C)C)N(C)C(=O)CNC=O. The van der Waals surface area contributed by atoms with Gasteiger partial charge in [-0.1, -0.05) is 53.5 Å². The van der Waals surface area contributed by atoms with E-state index >= 15 is 0 Å². The molecule has 198 valence electrons. The third kappa shape index (κ3) is 13.7. The van der Waals surface area contributed by atoms with Crippen molar-refractivity contribution in [1.82, 2.24) is 15.1 Å². The third-order valence-electron chi connectivity index (χ3n) is 5.86. The second kappa shape index (κ2) is 18.4. The van der Waals surface area contributed by atoms with E-state index in [2.05, 4.69) is 31.0 Å². The first-order chi connectivity index (χ1) is 16.0. The topological polar surface area (TPSA) is 79.0 Å². The van der Waals surface area contributed by atoms with Crippen molar-refractivity contribution < 1.29 is 19.1 Å². The third-order valence-corrected chi connectivity index (χ3v) is 5.86. The average molecular weight is 482 g/mol. The maximum absolute atomic E-state index is 11.9. The number of nitrogens with zero attached hydrogens (tertiary/aromatic N) is 2. The molecule has 1 heterocycles. The molecule has 0 unspecified atom stereocenters. The molecule has 1 saturated carbocycles. The minimum atomic E-state index is -0.384. The molecule has 34 heavy (non-hydrogen) atoms. The molecule has 1 aliphatic heterocycles. The van der Waals surface area contributed by atoms with Gasteiger partial charge in [0.25, 0.3) is 0 Å². The number of hydrogen-bond donors (Lipinski definition) is 1. The predicted octanol–water partition coefficient (Wildman–Crippen LogP) is 4.41. The molecule has 0 aromatic carbocycles. The monoisotopic (exact) mass is 481 g/mol. The van der Waals surface area contributed by atoms with E-state index in [4.69, 9.17) is 4.74 Å². The summed E-state index contributed by atoms with van der Waals surface area (Å²) in [6.45, 7) is 16.9. The van der Waals surface area contributed by atoms with Gasteiger partial charge in [0.1, 0.15) is 0 Å². The smallest absolute Gasteiger partial charge is 0.333 e. The molecule has 2 aliphatic rings. The number of likely N-dealkylation sites (N-methyl/N-ethyl adjacent to an activating group) is 1. The number of piperidine rings is 1. The Labute approximate surface area is 208 Å². The molecule has 0 bridgehead atoms. The van der Waals surface area contributed by atoms with E-state index in [1.165, 1.54) is 56.5 Å². The summed E-state index contributed by atoms with van der Waals surface area (Å²) >= 11 is 0. The van der Waals surface area contributed by atoms with Gasteiger partial charge in [-0.2, -0.15) is 0 Å². The van der Waals surface area contributed by atoms with E-state index in [0.29, 0.717) is 18.6 Å². The first-order valence-electron chi connectivity index (χ1n) is 13.1. The number of rotatable bonds is 9. The van der Waals surface area contributed by atoms with Gasteiger partial charge >= 0.3 is 5.97 Å². The van der Waals surface area contributed by atoms with Crippen LogP contribution >= 0.6 is 0 Å². The summed E-state index contributed by atoms with van der Waals surface area (Å²) < 4.78 is 4.92. The summed E-state index contributed by atoms with van der Waals surface area (Å²) in [6.07, 6.45) is 11.1. The highest BCUT2D eigenvalue weighted by atomic mass is 16.5. The molecule has 1 aliphatic carbocycles. The van der Waals surface area contributed by atoms with Gasteiger partial charge in [-0.25, -0.2) is 4.79 Å². The Hall–Kier alpha value is -1.89. The van der Waals surface area contributed by atoms with Crippen LogP contribution in [0.4, 0.5) is 0 Å². The van der Waals surface area contributed by atoms with Crippen LogP contribution in [-0.4, -0.2) is 73.5 Å². The molecule has 1 saturated heterocycles. The molecule has 2 amide bonds. The molecule has 7 nitrogen and oxygen atoms in total. The lowest BCUT2D eigenvalue weighted by Crippen LogP contribution is -2.43. The zero-order valence-electron chi connectivity index (χ0n) is 23.1. The van der Waals surface area contributed by atoms with Gasteiger partial charge in [0.15, 0.2) is 0 Å². The lowest BCUT2D eigenvalue weighted by molar-refractivity contribution is -0.138. The van der Waals surface area contributed by atoms with Crippen LogP contribution in [0, 0.1) is 11.8 Å². The zero-order valence-corrected chi connectivity index (χ0v) is 23.1. The van der Waals surface area contributed by atoms with E-state index in [1.807, 2.05) is 13.8 Å². The summed E-state index contributed by atoms with van der Waals surface area (Å²) in [6, 6.07) is 0.764. The zero-order chi connectivity index (χ0) is 26.1. The largest absolute Gasteiger partial charge is 0.463 e. The summed E-state index contributed by atoms with van der Waals surface area (Å²) in [5, 5.41) is 2.34. The van der Waals surface area contributed by atoms with Gasteiger partial charge in [0.05, 0.1) is 19.2 Å². The number of hydrogen-bond acceptors (Lipinski definition) is 5. The van der Waals surface area contributed by atoms with E-state index < -0.39 is 0 Å². The molecule has 1 atom stereocenters. The van der Waals surface area contributed by atoms with Crippen molar-refractivity contribution in [3.05, 3.63) is 11.6 Å². The number of carbonyl (C=O) groups is 3. The fourth-order valence-electron chi connectivity index (χ4n) is 3.78. The van der Waals surface area contributed by atoms with Crippen molar-refractivity contribution >= 4 is 18.3 Å². The van der Waals surface area contributed by atoms with E-state index in [0.717, 1.165) is 12.0 Å². The highest BCUT2D eigenvalue weighted by molar-refractivity contribution is 5.88. The van der Waals surface area contributed by atoms with Gasteiger partial charge in [-0.3, -0.25) is 9.59 Å². The molecule has 0 spiro atoms. The second-order valence-corrected chi connectivity index (χ2v) is 10.2. The van der Waals surface area contributed by atoms with Gasteiger partial charge in [0, 0.05) is 18.7 Å². The average Bonchev–Trinajstić information content (AvgIpc) is 2.74. The Kier molecular flexibility index (Phi) is 17.4. The Balaban J connectivity index is 0.000000632. The summed E-state index contributed by atoms with van der Waals surface area (Å²) in [5.41, 5.74) is 0.466. The highest BCUT2D eigenvalue weighted by Crippen LogP contribution is 2.26. The Morgan fingerprint density at radius 1 is 1.06 bits per heavy atom. The van der Waals surface area contributed by atoms with Crippen LogP contribution in [0.2, 0.25) is 0 Å². The number of ether oxygens (including phenoxy) is 1. The predicted molar refractivity (Wildman–Crippen MR) is 139 cm³/mol. The fourth-order valence-corrected chi connectivity index (χ4v) is 3.78. The van der Waals surface area contributed by atoms with Gasteiger partial charge in [-0.15, -0.1) is 0 Å². The highest BCUT2D eigenvalue weighted by Gasteiger charge is 2.25. The molecule has 1 N–H and O–H groups in total. The maximum Gasteiger partial charge on any atom is 0.333 e. The van der Waals surface area contributed by atoms with Crippen LogP contribution in [0.25, 0.3) is 0 Å². The van der Waals surface area contributed by atoms with Crippen molar-refractivity contribution in [2.24, 2.45) is 11.8 Å². The lowest BCUT2D eigenvalue weighted by Gasteiger charge is -2.39. The minimum absolute atomic E-state index is 0.0600. The molecule has 0 aromatic heterocycles. The molecule has 2 fully saturated rings. The molecule has 0 aromatic rings. The van der Waals surface area contributed by atoms with E-state index in [-0.39, 0.29) is 30.4 Å². The number of esters is 1. The van der Waals surface area contributed by atoms with Crippen LogP contribution < -0.4 is 5.32 Å². The Morgan fingerprint density at radius 2 is 1.62 bits per heavy atom. The van der Waals surface area contributed by atoms with Gasteiger partial charge in [-0.05, 0) is 64.5 Å². The van der Waals surface area contributed by atoms with Gasteiger partial charge in [0.2, 0.25) is 12.3 Å². The molecular weight excluding hydrogens is 430 g/mol. The van der Waals surface area contributed by atoms with Crippen LogP contribution in [-0.2, 0) is 19.1 Å². The molecule has 2 rings (SSSR count). The standard InChI is InChI=1S/C14H24N2O4.C9H17N.C4H10/c1-6-20-14(19)11(4)7-12(10(2)3)16(5)13(18)8-15-9-17;1-2-7-10(8-3-1)9-5-4-6-9;1-4(2)3/h7,9-10,12H,6,8H2,1-5H3,(H,15,17);9H,1-8H2;4H,1-3H3/b11-7+;;/t12-;;/m1../s1. The van der Waals surface area contributed by atoms with Gasteiger partial charge < -0.3 is 19.9 Å². The van der Waals surface area contributed by atoms with Crippen LogP contribution in [0.5, 0.6) is 0 Å². The van der Waals surface area contributed by atoms with Crippen LogP contribution in [0.1, 0.15) is 87.0 Å².